The van der Waals surface area contributed by atoms with Crippen molar-refractivity contribution in [2.75, 3.05) is 0 Å². The molecule has 0 fully saturated rings. The SMILES string of the molecule is CCC=C(N)C(=O)O. The highest BCUT2D eigenvalue weighted by atomic mass is 16.4. The summed E-state index contributed by atoms with van der Waals surface area (Å²) in [5, 5.41) is 8.12. The van der Waals surface area contributed by atoms with Gasteiger partial charge in [-0.1, -0.05) is 13.0 Å². The molecular formula is C5H9NO2. The summed E-state index contributed by atoms with van der Waals surface area (Å²) in [6, 6.07) is 0. The summed E-state index contributed by atoms with van der Waals surface area (Å²) in [5.74, 6) is -1.05. The van der Waals surface area contributed by atoms with E-state index in [1.165, 1.54) is 6.08 Å². The van der Waals surface area contributed by atoms with Crippen LogP contribution in [-0.2, 0) is 4.79 Å². The van der Waals surface area contributed by atoms with E-state index in [0.717, 1.165) is 0 Å². The van der Waals surface area contributed by atoms with Gasteiger partial charge in [0, 0.05) is 0 Å². The second kappa shape index (κ2) is 3.07. The van der Waals surface area contributed by atoms with Gasteiger partial charge in [0.2, 0.25) is 0 Å². The molecule has 0 rings (SSSR count). The quantitative estimate of drug-likeness (QED) is 0.509. The van der Waals surface area contributed by atoms with Crippen molar-refractivity contribution in [2.45, 2.75) is 13.3 Å². The lowest BCUT2D eigenvalue weighted by molar-refractivity contribution is -0.132. The fraction of sp³-hybridized carbons (Fsp3) is 0.400. The lowest BCUT2D eigenvalue weighted by Crippen LogP contribution is -2.09. The zero-order valence-electron chi connectivity index (χ0n) is 4.72. The molecule has 0 aliphatic rings. The van der Waals surface area contributed by atoms with Crippen LogP contribution in [0.2, 0.25) is 0 Å². The minimum Gasteiger partial charge on any atom is -0.477 e. The molecule has 0 atom stereocenters. The molecular weight excluding hydrogens is 106 g/mol. The van der Waals surface area contributed by atoms with E-state index in [1.807, 2.05) is 6.92 Å². The first kappa shape index (κ1) is 7.01. The molecule has 3 nitrogen and oxygen atoms in total. The number of nitrogens with two attached hydrogens (primary N) is 1. The van der Waals surface area contributed by atoms with E-state index in [4.69, 9.17) is 10.8 Å². The first-order valence-corrected chi connectivity index (χ1v) is 2.37. The maximum Gasteiger partial charge on any atom is 0.351 e. The maximum absolute atomic E-state index is 9.90. The first-order chi connectivity index (χ1) is 3.68. The molecule has 0 bridgehead atoms. The Morgan fingerprint density at radius 3 is 2.50 bits per heavy atom. The molecule has 46 valence electrons. The van der Waals surface area contributed by atoms with Gasteiger partial charge >= 0.3 is 5.97 Å². The number of carbonyl (C=O) groups is 1. The highest BCUT2D eigenvalue weighted by molar-refractivity contribution is 5.85. The van der Waals surface area contributed by atoms with Crippen molar-refractivity contribution in [1.29, 1.82) is 0 Å². The normalized spacial score (nSPS) is 11.4. The summed E-state index contributed by atoms with van der Waals surface area (Å²) in [5.41, 5.74) is 4.91. The Morgan fingerprint density at radius 2 is 2.38 bits per heavy atom. The van der Waals surface area contributed by atoms with Gasteiger partial charge in [-0.3, -0.25) is 0 Å². The molecule has 0 unspecified atom stereocenters. The lowest BCUT2D eigenvalue weighted by atomic mass is 10.3. The summed E-state index contributed by atoms with van der Waals surface area (Å²) in [7, 11) is 0. The molecule has 0 spiro atoms. The number of carboxylic acid groups (broad SMARTS) is 1. The monoisotopic (exact) mass is 115 g/mol. The number of rotatable bonds is 2. The Labute approximate surface area is 47.8 Å². The van der Waals surface area contributed by atoms with E-state index in [2.05, 4.69) is 0 Å². The highest BCUT2D eigenvalue weighted by Crippen LogP contribution is 1.85. The molecule has 8 heavy (non-hydrogen) atoms. The Hall–Kier alpha value is -0.990. The zero-order chi connectivity index (χ0) is 6.57. The minimum absolute atomic E-state index is 0.0764. The van der Waals surface area contributed by atoms with Crippen LogP contribution < -0.4 is 5.73 Å². The summed E-state index contributed by atoms with van der Waals surface area (Å²) in [6.07, 6.45) is 2.13. The number of hydrogen-bond donors (Lipinski definition) is 2. The Kier molecular flexibility index (Phi) is 2.69. The van der Waals surface area contributed by atoms with Crippen LogP contribution in [0.5, 0.6) is 0 Å². The smallest absolute Gasteiger partial charge is 0.351 e. The van der Waals surface area contributed by atoms with Crippen molar-refractivity contribution in [3.05, 3.63) is 11.8 Å². The van der Waals surface area contributed by atoms with Gasteiger partial charge in [-0.25, -0.2) is 4.79 Å². The van der Waals surface area contributed by atoms with Crippen molar-refractivity contribution in [1.82, 2.24) is 0 Å². The predicted octanol–water partition coefficient (Wildman–Crippen LogP) is 0.324. The Bertz CT molecular complexity index is 118. The third kappa shape index (κ3) is 2.23. The second-order valence-corrected chi connectivity index (χ2v) is 1.37. The summed E-state index contributed by atoms with van der Waals surface area (Å²) >= 11 is 0. The maximum atomic E-state index is 9.90. The molecule has 0 aromatic heterocycles. The predicted molar refractivity (Wildman–Crippen MR) is 30.2 cm³/mol. The molecule has 0 heterocycles. The average molecular weight is 115 g/mol. The van der Waals surface area contributed by atoms with Gasteiger partial charge in [-0.15, -0.1) is 0 Å². The van der Waals surface area contributed by atoms with Crippen LogP contribution in [0, 0.1) is 0 Å². The van der Waals surface area contributed by atoms with Crippen molar-refractivity contribution >= 4 is 5.97 Å². The van der Waals surface area contributed by atoms with Gasteiger partial charge < -0.3 is 10.8 Å². The fourth-order valence-electron chi connectivity index (χ4n) is 0.307. The van der Waals surface area contributed by atoms with E-state index in [9.17, 15) is 4.79 Å². The number of hydrogen-bond acceptors (Lipinski definition) is 2. The molecule has 3 N–H and O–H groups in total. The van der Waals surface area contributed by atoms with Gasteiger partial charge in [0.05, 0.1) is 0 Å². The van der Waals surface area contributed by atoms with E-state index < -0.39 is 5.97 Å². The Morgan fingerprint density at radius 1 is 1.88 bits per heavy atom. The summed E-state index contributed by atoms with van der Waals surface area (Å²) in [4.78, 5) is 9.90. The van der Waals surface area contributed by atoms with Crippen LogP contribution >= 0.6 is 0 Å². The molecule has 0 aromatic carbocycles. The van der Waals surface area contributed by atoms with Crippen LogP contribution in [0.3, 0.4) is 0 Å². The van der Waals surface area contributed by atoms with Crippen LogP contribution in [0.4, 0.5) is 0 Å². The number of allylic oxidation sites excluding steroid dienone is 1. The molecule has 0 aromatic rings. The van der Waals surface area contributed by atoms with Crippen molar-refractivity contribution in [3.8, 4) is 0 Å². The van der Waals surface area contributed by atoms with E-state index in [1.54, 1.807) is 0 Å². The van der Waals surface area contributed by atoms with Crippen molar-refractivity contribution in [3.63, 3.8) is 0 Å². The van der Waals surface area contributed by atoms with Gasteiger partial charge in [-0.2, -0.15) is 0 Å². The van der Waals surface area contributed by atoms with E-state index in [0.29, 0.717) is 6.42 Å². The average Bonchev–Trinajstić information content (AvgIpc) is 1.67. The molecule has 0 saturated carbocycles. The van der Waals surface area contributed by atoms with Gasteiger partial charge in [0.1, 0.15) is 5.70 Å². The third-order valence-electron chi connectivity index (χ3n) is 0.671. The van der Waals surface area contributed by atoms with E-state index in [-0.39, 0.29) is 5.70 Å². The van der Waals surface area contributed by atoms with Gasteiger partial charge in [-0.05, 0) is 6.42 Å². The van der Waals surface area contributed by atoms with Crippen molar-refractivity contribution in [2.24, 2.45) is 5.73 Å². The van der Waals surface area contributed by atoms with Gasteiger partial charge in [0.15, 0.2) is 0 Å². The third-order valence-corrected chi connectivity index (χ3v) is 0.671. The molecule has 3 heteroatoms. The number of carboxylic acids is 1. The minimum atomic E-state index is -1.05. The van der Waals surface area contributed by atoms with Gasteiger partial charge in [0.25, 0.3) is 0 Å². The Balaban J connectivity index is 3.80. The standard InChI is InChI=1S/C5H9NO2/c1-2-3-4(6)5(7)8/h3H,2,6H2,1H3,(H,7,8). The van der Waals surface area contributed by atoms with Crippen LogP contribution in [0.25, 0.3) is 0 Å². The van der Waals surface area contributed by atoms with E-state index >= 15 is 0 Å². The largest absolute Gasteiger partial charge is 0.477 e. The topological polar surface area (TPSA) is 63.3 Å². The number of aliphatic carboxylic acids is 1. The second-order valence-electron chi connectivity index (χ2n) is 1.37. The fourth-order valence-corrected chi connectivity index (χ4v) is 0.307. The molecule has 0 saturated heterocycles. The molecule has 0 aliphatic carbocycles. The first-order valence-electron chi connectivity index (χ1n) is 2.37. The van der Waals surface area contributed by atoms with Crippen LogP contribution in [-0.4, -0.2) is 11.1 Å². The van der Waals surface area contributed by atoms with Crippen LogP contribution in [0.1, 0.15) is 13.3 Å². The molecule has 0 amide bonds. The molecule has 0 radical (unpaired) electrons. The lowest BCUT2D eigenvalue weighted by Gasteiger charge is -1.87. The summed E-state index contributed by atoms with van der Waals surface area (Å²) in [6.45, 7) is 1.83. The molecule has 0 aliphatic heterocycles. The zero-order valence-corrected chi connectivity index (χ0v) is 4.72. The van der Waals surface area contributed by atoms with Crippen molar-refractivity contribution < 1.29 is 9.90 Å². The van der Waals surface area contributed by atoms with Crippen LogP contribution in [0.15, 0.2) is 11.8 Å². The summed E-state index contributed by atoms with van der Waals surface area (Å²) < 4.78 is 0. The highest BCUT2D eigenvalue weighted by Gasteiger charge is 1.96.